The third-order valence-electron chi connectivity index (χ3n) is 3.89. The van der Waals surface area contributed by atoms with Gasteiger partial charge in [0.05, 0.1) is 5.56 Å². The van der Waals surface area contributed by atoms with Crippen molar-refractivity contribution in [3.8, 4) is 17.7 Å². The lowest BCUT2D eigenvalue weighted by Gasteiger charge is -2.15. The molecule has 154 valence electrons. The highest BCUT2D eigenvalue weighted by atomic mass is 28.3. The molecule has 0 radical (unpaired) electrons. The molecule has 28 heavy (non-hydrogen) atoms. The first-order valence-electron chi connectivity index (χ1n) is 9.37. The van der Waals surface area contributed by atoms with Crippen molar-refractivity contribution in [1.29, 1.82) is 0 Å². The normalized spacial score (nSPS) is 11.7. The van der Waals surface area contributed by atoms with Gasteiger partial charge in [0.15, 0.2) is 5.65 Å². The average molecular weight is 408 g/mol. The minimum atomic E-state index is -1.16. The Morgan fingerprint density at radius 2 is 1.89 bits per heavy atom. The predicted octanol–water partition coefficient (Wildman–Crippen LogP) is 3.35. The Hall–Kier alpha value is -1.96. The van der Waals surface area contributed by atoms with Gasteiger partial charge in [-0.3, -0.25) is 0 Å². The molecule has 0 aromatic carbocycles. The fraction of sp³-hybridized carbons (Fsp3) is 0.579. The first kappa shape index (κ1) is 22.3. The number of ether oxygens (including phenoxy) is 3. The van der Waals surface area contributed by atoms with Crippen LogP contribution in [0.3, 0.4) is 0 Å². The highest BCUT2D eigenvalue weighted by molar-refractivity contribution is 6.76. The van der Waals surface area contributed by atoms with Gasteiger partial charge in [-0.2, -0.15) is 4.98 Å². The summed E-state index contributed by atoms with van der Waals surface area (Å²) in [5, 5.41) is 9.71. The molecule has 0 saturated heterocycles. The minimum Gasteiger partial charge on any atom is -0.361 e. The topological polar surface area (TPSA) is 87.9 Å². The molecular formula is C19H29N3O5Si. The third kappa shape index (κ3) is 6.29. The van der Waals surface area contributed by atoms with Crippen molar-refractivity contribution in [1.82, 2.24) is 14.5 Å². The molecule has 2 heterocycles. The standard InChI is InChI=1S/C19H29N3O5Si/c1-6-25-16(26-7-2)9-8-15-12-22(14-24-10-11-28(3,4)5)18-17(15)19(27-23)21-13-20-18/h12-13,16,23H,6-7,10-11,14H2,1-5H3. The van der Waals surface area contributed by atoms with Crippen molar-refractivity contribution >= 4 is 19.1 Å². The first-order chi connectivity index (χ1) is 13.4. The summed E-state index contributed by atoms with van der Waals surface area (Å²) in [5.74, 6) is 6.01. The average Bonchev–Trinajstić information content (AvgIpc) is 3.01. The molecular weight excluding hydrogens is 378 g/mol. The van der Waals surface area contributed by atoms with E-state index in [1.807, 2.05) is 18.4 Å². The third-order valence-corrected chi connectivity index (χ3v) is 5.60. The highest BCUT2D eigenvalue weighted by Crippen LogP contribution is 2.26. The van der Waals surface area contributed by atoms with Crippen molar-refractivity contribution in [3.05, 3.63) is 18.1 Å². The van der Waals surface area contributed by atoms with E-state index in [2.05, 4.69) is 46.3 Å². The Kier molecular flexibility index (Phi) is 8.41. The smallest absolute Gasteiger partial charge is 0.269 e. The van der Waals surface area contributed by atoms with Crippen LogP contribution < -0.4 is 4.89 Å². The molecule has 1 N–H and O–H groups in total. The van der Waals surface area contributed by atoms with Crippen LogP contribution in [0.1, 0.15) is 19.4 Å². The molecule has 2 aromatic heterocycles. The molecule has 8 nitrogen and oxygen atoms in total. The lowest BCUT2D eigenvalue weighted by molar-refractivity contribution is -0.140. The van der Waals surface area contributed by atoms with Gasteiger partial charge in [-0.25, -0.2) is 10.2 Å². The number of hydrogen-bond donors (Lipinski definition) is 1. The maximum Gasteiger partial charge on any atom is 0.269 e. The van der Waals surface area contributed by atoms with Crippen LogP contribution in [0.5, 0.6) is 5.88 Å². The van der Waals surface area contributed by atoms with Gasteiger partial charge in [0.1, 0.15) is 18.4 Å². The second kappa shape index (κ2) is 10.5. The second-order valence-electron chi connectivity index (χ2n) is 7.34. The number of rotatable bonds is 10. The fourth-order valence-electron chi connectivity index (χ4n) is 2.47. The molecule has 0 bridgehead atoms. The summed E-state index contributed by atoms with van der Waals surface area (Å²) in [4.78, 5) is 12.7. The fourth-order valence-corrected chi connectivity index (χ4v) is 3.23. The zero-order valence-corrected chi connectivity index (χ0v) is 18.2. The Labute approximate surface area is 166 Å². The summed E-state index contributed by atoms with van der Waals surface area (Å²) >= 11 is 0. The Morgan fingerprint density at radius 1 is 1.18 bits per heavy atom. The zero-order chi connectivity index (χ0) is 20.6. The van der Waals surface area contributed by atoms with Gasteiger partial charge in [-0.1, -0.05) is 25.6 Å². The van der Waals surface area contributed by atoms with E-state index in [4.69, 9.17) is 14.2 Å². The summed E-state index contributed by atoms with van der Waals surface area (Å²) < 4.78 is 18.6. The number of fused-ring (bicyclic) bond motifs is 1. The van der Waals surface area contributed by atoms with Crippen LogP contribution in [0.4, 0.5) is 0 Å². The quantitative estimate of drug-likeness (QED) is 0.161. The molecule has 0 atom stereocenters. The molecule has 0 aliphatic heterocycles. The van der Waals surface area contributed by atoms with Crippen LogP contribution in [0.25, 0.3) is 11.0 Å². The Bertz CT molecular complexity index is 817. The van der Waals surface area contributed by atoms with Crippen LogP contribution in [0.15, 0.2) is 12.5 Å². The lowest BCUT2D eigenvalue weighted by Crippen LogP contribution is -2.22. The highest BCUT2D eigenvalue weighted by Gasteiger charge is 2.17. The van der Waals surface area contributed by atoms with Crippen LogP contribution >= 0.6 is 0 Å². The molecule has 0 aliphatic carbocycles. The lowest BCUT2D eigenvalue weighted by atomic mass is 10.2. The van der Waals surface area contributed by atoms with Crippen molar-refractivity contribution < 1.29 is 24.4 Å². The number of hydrogen-bond acceptors (Lipinski definition) is 7. The van der Waals surface area contributed by atoms with Gasteiger partial charge >= 0.3 is 0 Å². The van der Waals surface area contributed by atoms with E-state index in [-0.39, 0.29) is 5.88 Å². The van der Waals surface area contributed by atoms with E-state index in [0.717, 1.165) is 6.04 Å². The van der Waals surface area contributed by atoms with Gasteiger partial charge < -0.3 is 23.7 Å². The minimum absolute atomic E-state index is 0.0412. The molecule has 9 heteroatoms. The van der Waals surface area contributed by atoms with Crippen molar-refractivity contribution in [2.45, 2.75) is 52.6 Å². The van der Waals surface area contributed by atoms with Gasteiger partial charge in [0, 0.05) is 34.1 Å². The molecule has 0 fully saturated rings. The number of nitrogens with zero attached hydrogens (tertiary/aromatic N) is 3. The maximum atomic E-state index is 9.20. The zero-order valence-electron chi connectivity index (χ0n) is 17.2. The van der Waals surface area contributed by atoms with Crippen LogP contribution in [-0.2, 0) is 20.9 Å². The second-order valence-corrected chi connectivity index (χ2v) is 13.0. The largest absolute Gasteiger partial charge is 0.361 e. The molecule has 2 rings (SSSR count). The summed E-state index contributed by atoms with van der Waals surface area (Å²) in [6, 6.07) is 1.07. The predicted molar refractivity (Wildman–Crippen MR) is 109 cm³/mol. The molecule has 0 amide bonds. The maximum absolute atomic E-state index is 9.20. The van der Waals surface area contributed by atoms with Gasteiger partial charge in [-0.05, 0) is 25.8 Å². The van der Waals surface area contributed by atoms with Gasteiger partial charge in [0.25, 0.3) is 5.88 Å². The summed E-state index contributed by atoms with van der Waals surface area (Å²) in [6.45, 7) is 12.7. The van der Waals surface area contributed by atoms with E-state index in [0.29, 0.717) is 43.1 Å². The van der Waals surface area contributed by atoms with Gasteiger partial charge in [-0.15, -0.1) is 0 Å². The molecule has 2 aromatic rings. The Morgan fingerprint density at radius 3 is 2.50 bits per heavy atom. The van der Waals surface area contributed by atoms with Gasteiger partial charge in [0.2, 0.25) is 6.29 Å². The molecule has 0 aliphatic rings. The monoisotopic (exact) mass is 407 g/mol. The molecule has 0 unspecified atom stereocenters. The van der Waals surface area contributed by atoms with E-state index in [9.17, 15) is 5.26 Å². The first-order valence-corrected chi connectivity index (χ1v) is 13.1. The van der Waals surface area contributed by atoms with E-state index >= 15 is 0 Å². The van der Waals surface area contributed by atoms with Crippen LogP contribution in [-0.4, -0.2) is 54.0 Å². The van der Waals surface area contributed by atoms with Crippen LogP contribution in [0, 0.1) is 11.8 Å². The Balaban J connectivity index is 2.30. The van der Waals surface area contributed by atoms with E-state index < -0.39 is 14.4 Å². The van der Waals surface area contributed by atoms with Crippen molar-refractivity contribution in [3.63, 3.8) is 0 Å². The van der Waals surface area contributed by atoms with Crippen molar-refractivity contribution in [2.75, 3.05) is 19.8 Å². The van der Waals surface area contributed by atoms with Crippen molar-refractivity contribution in [2.24, 2.45) is 0 Å². The number of aromatic nitrogens is 3. The SMILES string of the molecule is CCOC(C#Cc1cn(COCC[Si](C)(C)C)c2ncnc(OO)c12)OCC. The van der Waals surface area contributed by atoms with Crippen LogP contribution in [0.2, 0.25) is 25.7 Å². The summed E-state index contributed by atoms with van der Waals surface area (Å²) in [6.07, 6.45) is 2.50. The molecule has 0 saturated carbocycles. The van der Waals surface area contributed by atoms with E-state index in [1.54, 1.807) is 6.20 Å². The summed E-state index contributed by atoms with van der Waals surface area (Å²) in [7, 11) is -1.16. The molecule has 0 spiro atoms. The summed E-state index contributed by atoms with van der Waals surface area (Å²) in [5.41, 5.74) is 1.17. The van der Waals surface area contributed by atoms with E-state index in [1.165, 1.54) is 6.33 Å².